The van der Waals surface area contributed by atoms with Gasteiger partial charge in [-0.05, 0) is 29.8 Å². The summed E-state index contributed by atoms with van der Waals surface area (Å²) in [6.45, 7) is 0.679. The van der Waals surface area contributed by atoms with E-state index in [9.17, 15) is 14.0 Å². The van der Waals surface area contributed by atoms with Gasteiger partial charge in [-0.3, -0.25) is 15.0 Å². The fourth-order valence-electron chi connectivity index (χ4n) is 2.80. The lowest BCUT2D eigenvalue weighted by atomic mass is 9.94. The Morgan fingerprint density at radius 3 is 2.73 bits per heavy atom. The third-order valence-corrected chi connectivity index (χ3v) is 4.13. The number of anilines is 1. The lowest BCUT2D eigenvalue weighted by Gasteiger charge is -2.18. The number of carbonyl (C=O) groups excluding carboxylic acids is 2. The van der Waals surface area contributed by atoms with Crippen molar-refractivity contribution in [2.75, 3.05) is 18.4 Å². The van der Waals surface area contributed by atoms with Gasteiger partial charge in [-0.15, -0.1) is 0 Å². The SMILES string of the molecule is O=C(CCNC(=O)C1CNNC1c1ccc(F)cc1)Nc1ccccn1. The zero-order chi connectivity index (χ0) is 18.4. The molecule has 0 saturated carbocycles. The Morgan fingerprint density at radius 2 is 2.00 bits per heavy atom. The molecule has 1 fully saturated rings. The van der Waals surface area contributed by atoms with Crippen LogP contribution in [0.25, 0.3) is 0 Å². The van der Waals surface area contributed by atoms with Crippen LogP contribution in [0.4, 0.5) is 10.2 Å². The van der Waals surface area contributed by atoms with E-state index in [2.05, 4.69) is 26.5 Å². The number of hydrazine groups is 1. The van der Waals surface area contributed by atoms with Crippen molar-refractivity contribution in [2.45, 2.75) is 12.5 Å². The Morgan fingerprint density at radius 1 is 1.19 bits per heavy atom. The van der Waals surface area contributed by atoms with Crippen molar-refractivity contribution in [3.05, 3.63) is 60.0 Å². The molecule has 0 bridgehead atoms. The zero-order valence-electron chi connectivity index (χ0n) is 14.0. The van der Waals surface area contributed by atoms with Crippen molar-refractivity contribution < 1.29 is 14.0 Å². The number of nitrogens with one attached hydrogen (secondary N) is 4. The summed E-state index contributed by atoms with van der Waals surface area (Å²) in [5.41, 5.74) is 6.81. The van der Waals surface area contributed by atoms with E-state index in [1.165, 1.54) is 12.1 Å². The standard InChI is InChI=1S/C18H20FN5O2/c19-13-6-4-12(5-7-13)17-14(11-22-24-17)18(26)21-10-8-16(25)23-15-3-1-2-9-20-15/h1-7,9,14,17,22,24H,8,10-11H2,(H,21,26)(H,20,23,25). The van der Waals surface area contributed by atoms with Gasteiger partial charge in [0.15, 0.2) is 0 Å². The number of hydrogen-bond donors (Lipinski definition) is 4. The number of rotatable bonds is 6. The molecule has 2 aromatic rings. The van der Waals surface area contributed by atoms with Crippen LogP contribution in [0.3, 0.4) is 0 Å². The summed E-state index contributed by atoms with van der Waals surface area (Å²) >= 11 is 0. The summed E-state index contributed by atoms with van der Waals surface area (Å²) in [7, 11) is 0. The van der Waals surface area contributed by atoms with Crippen molar-refractivity contribution in [1.29, 1.82) is 0 Å². The Bertz CT molecular complexity index is 754. The highest BCUT2D eigenvalue weighted by atomic mass is 19.1. The minimum absolute atomic E-state index is 0.150. The van der Waals surface area contributed by atoms with Crippen LogP contribution in [0.15, 0.2) is 48.7 Å². The van der Waals surface area contributed by atoms with Crippen LogP contribution in [-0.2, 0) is 9.59 Å². The Balaban J connectivity index is 1.48. The third-order valence-electron chi connectivity index (χ3n) is 4.13. The van der Waals surface area contributed by atoms with Crippen LogP contribution in [0.2, 0.25) is 0 Å². The summed E-state index contributed by atoms with van der Waals surface area (Å²) in [5, 5.41) is 5.44. The molecule has 2 atom stereocenters. The molecule has 2 unspecified atom stereocenters. The molecule has 1 saturated heterocycles. The summed E-state index contributed by atoms with van der Waals surface area (Å²) in [6.07, 6.45) is 1.74. The van der Waals surface area contributed by atoms with Gasteiger partial charge in [0.1, 0.15) is 11.6 Å². The average molecular weight is 357 g/mol. The van der Waals surface area contributed by atoms with E-state index in [0.717, 1.165) is 5.56 Å². The van der Waals surface area contributed by atoms with Gasteiger partial charge in [0.05, 0.1) is 12.0 Å². The molecular formula is C18H20FN5O2. The van der Waals surface area contributed by atoms with Gasteiger partial charge in [-0.25, -0.2) is 14.8 Å². The maximum absolute atomic E-state index is 13.1. The predicted octanol–water partition coefficient (Wildman–Crippen LogP) is 1.13. The number of amides is 2. The van der Waals surface area contributed by atoms with Gasteiger partial charge in [0.25, 0.3) is 0 Å². The molecule has 3 rings (SSSR count). The minimum Gasteiger partial charge on any atom is -0.355 e. The molecule has 0 aliphatic carbocycles. The van der Waals surface area contributed by atoms with E-state index < -0.39 is 0 Å². The topological polar surface area (TPSA) is 95.2 Å². The highest BCUT2D eigenvalue weighted by Gasteiger charge is 2.33. The molecule has 26 heavy (non-hydrogen) atoms. The second-order valence-electron chi connectivity index (χ2n) is 5.97. The quantitative estimate of drug-likeness (QED) is 0.622. The number of halogens is 1. The van der Waals surface area contributed by atoms with Gasteiger partial charge in [0, 0.05) is 25.7 Å². The van der Waals surface area contributed by atoms with Crippen LogP contribution >= 0.6 is 0 Å². The van der Waals surface area contributed by atoms with Crippen LogP contribution in [0.1, 0.15) is 18.0 Å². The average Bonchev–Trinajstić information content (AvgIpc) is 3.13. The molecule has 7 nitrogen and oxygen atoms in total. The number of aromatic nitrogens is 1. The molecule has 136 valence electrons. The van der Waals surface area contributed by atoms with Crippen LogP contribution < -0.4 is 21.5 Å². The number of hydrogen-bond acceptors (Lipinski definition) is 5. The number of carbonyl (C=O) groups is 2. The molecule has 1 aliphatic rings. The Hall–Kier alpha value is -2.84. The van der Waals surface area contributed by atoms with Gasteiger partial charge in [0.2, 0.25) is 11.8 Å². The summed E-state index contributed by atoms with van der Waals surface area (Å²) in [6, 6.07) is 11.0. The first-order valence-electron chi connectivity index (χ1n) is 8.36. The molecular weight excluding hydrogens is 337 g/mol. The zero-order valence-corrected chi connectivity index (χ0v) is 14.0. The predicted molar refractivity (Wildman–Crippen MR) is 94.3 cm³/mol. The van der Waals surface area contributed by atoms with Crippen LogP contribution in [0, 0.1) is 11.7 Å². The fourth-order valence-corrected chi connectivity index (χ4v) is 2.80. The van der Waals surface area contributed by atoms with E-state index in [-0.39, 0.29) is 42.6 Å². The largest absolute Gasteiger partial charge is 0.355 e. The van der Waals surface area contributed by atoms with Crippen molar-refractivity contribution in [1.82, 2.24) is 21.2 Å². The van der Waals surface area contributed by atoms with Crippen molar-refractivity contribution in [2.24, 2.45) is 5.92 Å². The fraction of sp³-hybridized carbons (Fsp3) is 0.278. The minimum atomic E-state index is -0.348. The second-order valence-corrected chi connectivity index (χ2v) is 5.97. The molecule has 1 aliphatic heterocycles. The maximum Gasteiger partial charge on any atom is 0.227 e. The van der Waals surface area contributed by atoms with Crippen molar-refractivity contribution in [3.63, 3.8) is 0 Å². The summed E-state index contributed by atoms with van der Waals surface area (Å²) in [4.78, 5) is 28.3. The van der Waals surface area contributed by atoms with E-state index in [4.69, 9.17) is 0 Å². The highest BCUT2D eigenvalue weighted by molar-refractivity contribution is 5.90. The number of benzene rings is 1. The first kappa shape index (κ1) is 18.0. The molecule has 1 aromatic heterocycles. The van der Waals surface area contributed by atoms with E-state index in [0.29, 0.717) is 12.4 Å². The number of pyridine rings is 1. The normalized spacial score (nSPS) is 19.1. The van der Waals surface area contributed by atoms with Crippen molar-refractivity contribution in [3.8, 4) is 0 Å². The smallest absolute Gasteiger partial charge is 0.227 e. The first-order valence-corrected chi connectivity index (χ1v) is 8.36. The Kier molecular flexibility index (Phi) is 5.88. The molecule has 8 heteroatoms. The summed E-state index contributed by atoms with van der Waals surface area (Å²) < 4.78 is 13.1. The lowest BCUT2D eigenvalue weighted by Crippen LogP contribution is -2.36. The lowest BCUT2D eigenvalue weighted by molar-refractivity contribution is -0.125. The molecule has 0 spiro atoms. The Labute approximate surface area is 150 Å². The van der Waals surface area contributed by atoms with Crippen LogP contribution in [-0.4, -0.2) is 29.9 Å². The third kappa shape index (κ3) is 4.62. The second kappa shape index (κ2) is 8.50. The highest BCUT2D eigenvalue weighted by Crippen LogP contribution is 2.25. The monoisotopic (exact) mass is 357 g/mol. The van der Waals surface area contributed by atoms with Gasteiger partial charge >= 0.3 is 0 Å². The van der Waals surface area contributed by atoms with E-state index in [1.54, 1.807) is 36.5 Å². The van der Waals surface area contributed by atoms with E-state index in [1.807, 2.05) is 0 Å². The van der Waals surface area contributed by atoms with Gasteiger partial charge < -0.3 is 10.6 Å². The molecule has 2 amide bonds. The van der Waals surface area contributed by atoms with Gasteiger partial charge in [-0.1, -0.05) is 18.2 Å². The van der Waals surface area contributed by atoms with Gasteiger partial charge in [-0.2, -0.15) is 0 Å². The van der Waals surface area contributed by atoms with Crippen molar-refractivity contribution >= 4 is 17.6 Å². The molecule has 2 heterocycles. The molecule has 4 N–H and O–H groups in total. The summed E-state index contributed by atoms with van der Waals surface area (Å²) in [5.74, 6) is -0.576. The molecule has 1 aromatic carbocycles. The molecule has 0 radical (unpaired) electrons. The first-order chi connectivity index (χ1) is 12.6. The number of nitrogens with zero attached hydrogens (tertiary/aromatic N) is 1. The van der Waals surface area contributed by atoms with E-state index >= 15 is 0 Å². The van der Waals surface area contributed by atoms with Crippen LogP contribution in [0.5, 0.6) is 0 Å². The maximum atomic E-state index is 13.1.